The van der Waals surface area contributed by atoms with E-state index < -0.39 is 29.7 Å². The third-order valence-electron chi connectivity index (χ3n) is 6.22. The van der Waals surface area contributed by atoms with Gasteiger partial charge in [-0.25, -0.2) is 9.59 Å². The van der Waals surface area contributed by atoms with Crippen molar-refractivity contribution < 1.29 is 19.4 Å². The summed E-state index contributed by atoms with van der Waals surface area (Å²) in [6.45, 7) is 0. The van der Waals surface area contributed by atoms with Gasteiger partial charge >= 0.3 is 12.1 Å². The Hall–Kier alpha value is -2.82. The van der Waals surface area contributed by atoms with Crippen LogP contribution in [0, 0.1) is 5.41 Å². The number of ether oxygens (including phenoxy) is 1. The fourth-order valence-corrected chi connectivity index (χ4v) is 4.67. The highest BCUT2D eigenvalue weighted by molar-refractivity contribution is 5.91. The van der Waals surface area contributed by atoms with Crippen LogP contribution in [0.3, 0.4) is 0 Å². The number of carboxylic acid groups (broad SMARTS) is 1. The van der Waals surface area contributed by atoms with Crippen molar-refractivity contribution >= 4 is 12.1 Å². The first-order chi connectivity index (χ1) is 12.6. The maximum atomic E-state index is 12.9. The van der Waals surface area contributed by atoms with Crippen LogP contribution in [-0.2, 0) is 9.53 Å². The molecule has 0 unspecified atom stereocenters. The average molecular weight is 349 g/mol. The number of hydrogen-bond donors (Lipinski definition) is 1. The molecule has 2 aromatic rings. The van der Waals surface area contributed by atoms with Gasteiger partial charge in [-0.3, -0.25) is 4.90 Å². The lowest BCUT2D eigenvalue weighted by molar-refractivity contribution is -0.145. The van der Waals surface area contributed by atoms with E-state index in [2.05, 4.69) is 0 Å². The zero-order chi connectivity index (χ0) is 17.9. The zero-order valence-corrected chi connectivity index (χ0v) is 14.2. The van der Waals surface area contributed by atoms with Crippen LogP contribution >= 0.6 is 0 Å². The van der Waals surface area contributed by atoms with Gasteiger partial charge in [0.1, 0.15) is 6.04 Å². The van der Waals surface area contributed by atoms with Crippen molar-refractivity contribution in [2.75, 3.05) is 0 Å². The highest BCUT2D eigenvalue weighted by atomic mass is 16.6. The van der Waals surface area contributed by atoms with Gasteiger partial charge in [0.05, 0.1) is 0 Å². The highest BCUT2D eigenvalue weighted by Crippen LogP contribution is 2.77. The molecule has 3 fully saturated rings. The molecule has 0 radical (unpaired) electrons. The number of aliphatic carboxylic acids is 1. The second-order valence-electron chi connectivity index (χ2n) is 7.56. The smallest absolute Gasteiger partial charge is 0.412 e. The van der Waals surface area contributed by atoms with Crippen LogP contribution in [-0.4, -0.2) is 27.6 Å². The average Bonchev–Trinajstić information content (AvgIpc) is 3.55. The van der Waals surface area contributed by atoms with Crippen molar-refractivity contribution in [3.05, 3.63) is 71.8 Å². The van der Waals surface area contributed by atoms with E-state index >= 15 is 0 Å². The van der Waals surface area contributed by atoms with Crippen LogP contribution in [0.2, 0.25) is 0 Å². The number of carboxylic acids is 1. The highest BCUT2D eigenvalue weighted by Gasteiger charge is 2.83. The quantitative estimate of drug-likeness (QED) is 0.908. The fraction of sp³-hybridized carbons (Fsp3) is 0.333. The first kappa shape index (κ1) is 15.4. The molecule has 1 heterocycles. The largest absolute Gasteiger partial charge is 0.479 e. The van der Waals surface area contributed by atoms with E-state index in [-0.39, 0.29) is 5.41 Å². The van der Waals surface area contributed by atoms with E-state index in [1.165, 1.54) is 4.90 Å². The Balaban J connectivity index is 1.64. The van der Waals surface area contributed by atoms with Gasteiger partial charge in [0.15, 0.2) is 11.6 Å². The first-order valence-corrected chi connectivity index (χ1v) is 8.92. The van der Waals surface area contributed by atoms with Gasteiger partial charge in [0, 0.05) is 5.41 Å². The molecule has 0 bridgehead atoms. The summed E-state index contributed by atoms with van der Waals surface area (Å²) in [5.41, 5.74) is 0.392. The second-order valence-corrected chi connectivity index (χ2v) is 7.56. The Morgan fingerprint density at radius 3 is 2.08 bits per heavy atom. The predicted molar refractivity (Wildman–Crippen MR) is 93.3 cm³/mol. The molecule has 5 heteroatoms. The first-order valence-electron chi connectivity index (χ1n) is 8.92. The van der Waals surface area contributed by atoms with Crippen LogP contribution in [0.25, 0.3) is 0 Å². The van der Waals surface area contributed by atoms with Gasteiger partial charge < -0.3 is 9.84 Å². The molecule has 5 rings (SSSR count). The molecular formula is C21H19NO4. The summed E-state index contributed by atoms with van der Waals surface area (Å²) in [6, 6.07) is 18.7. The lowest BCUT2D eigenvalue weighted by atomic mass is 9.93. The van der Waals surface area contributed by atoms with Gasteiger partial charge in [-0.05, 0) is 30.4 Å². The van der Waals surface area contributed by atoms with Crippen molar-refractivity contribution in [1.29, 1.82) is 0 Å². The van der Waals surface area contributed by atoms with E-state index in [4.69, 9.17) is 4.74 Å². The molecular weight excluding hydrogens is 330 g/mol. The summed E-state index contributed by atoms with van der Waals surface area (Å²) in [7, 11) is 0. The Labute approximate surface area is 151 Å². The van der Waals surface area contributed by atoms with Crippen LogP contribution in [0.1, 0.15) is 42.5 Å². The normalized spacial score (nSPS) is 30.9. The number of carbonyl (C=O) groups is 2. The van der Waals surface area contributed by atoms with Crippen molar-refractivity contribution in [2.45, 2.75) is 36.9 Å². The molecule has 5 nitrogen and oxygen atoms in total. The van der Waals surface area contributed by atoms with Gasteiger partial charge in [-0.1, -0.05) is 60.7 Å². The van der Waals surface area contributed by atoms with E-state index in [9.17, 15) is 14.7 Å². The molecule has 1 amide bonds. The molecule has 1 N–H and O–H groups in total. The number of rotatable bonds is 4. The molecule has 3 aliphatic rings. The Morgan fingerprint density at radius 2 is 1.58 bits per heavy atom. The van der Waals surface area contributed by atoms with Crippen LogP contribution < -0.4 is 0 Å². The number of nitrogens with zero attached hydrogens (tertiary/aromatic N) is 1. The van der Waals surface area contributed by atoms with Gasteiger partial charge in [0.25, 0.3) is 0 Å². The van der Waals surface area contributed by atoms with Crippen molar-refractivity contribution in [2.24, 2.45) is 5.41 Å². The van der Waals surface area contributed by atoms with Crippen LogP contribution in [0.15, 0.2) is 60.7 Å². The van der Waals surface area contributed by atoms with Crippen LogP contribution in [0.5, 0.6) is 0 Å². The van der Waals surface area contributed by atoms with Gasteiger partial charge in [0.2, 0.25) is 0 Å². The summed E-state index contributed by atoms with van der Waals surface area (Å²) in [5, 5.41) is 10.0. The Kier molecular flexibility index (Phi) is 3.03. The Morgan fingerprint density at radius 1 is 1.00 bits per heavy atom. The number of amides is 1. The number of hydrogen-bond acceptors (Lipinski definition) is 3. The monoisotopic (exact) mass is 349 g/mol. The standard InChI is InChI=1S/C21H19NO4/c23-18(24)21(13-20(21)11-12-20)22-16(14-7-3-1-4-8-14)17(26-19(22)25)15-9-5-2-6-10-15/h1-10,16-17H,11-13H2,(H,23,24)/t16-,17+,21+/m1/s1. The van der Waals surface area contributed by atoms with E-state index in [0.29, 0.717) is 6.42 Å². The summed E-state index contributed by atoms with van der Waals surface area (Å²) in [6.07, 6.45) is 1.20. The molecule has 1 spiro atoms. The molecule has 0 aromatic heterocycles. The van der Waals surface area contributed by atoms with E-state index in [1.807, 2.05) is 60.7 Å². The van der Waals surface area contributed by atoms with Gasteiger partial charge in [-0.15, -0.1) is 0 Å². The predicted octanol–water partition coefficient (Wildman–Crippen LogP) is 3.93. The van der Waals surface area contributed by atoms with Crippen molar-refractivity contribution in [3.8, 4) is 0 Å². The second kappa shape index (κ2) is 5.10. The maximum Gasteiger partial charge on any atom is 0.412 e. The topological polar surface area (TPSA) is 66.8 Å². The third-order valence-corrected chi connectivity index (χ3v) is 6.22. The van der Waals surface area contributed by atoms with E-state index in [1.54, 1.807) is 0 Å². The SMILES string of the molecule is O=C1O[C@@H](c2ccccc2)[C@@H](c2ccccc2)N1[C@]1(C(=O)O)CC12CC2. The molecule has 1 aliphatic heterocycles. The zero-order valence-electron chi connectivity index (χ0n) is 14.2. The van der Waals surface area contributed by atoms with E-state index in [0.717, 1.165) is 24.0 Å². The molecule has 1 saturated heterocycles. The summed E-state index contributed by atoms with van der Waals surface area (Å²) >= 11 is 0. The fourth-order valence-electron chi connectivity index (χ4n) is 4.67. The number of cyclic esters (lactones) is 1. The molecule has 2 aliphatic carbocycles. The summed E-state index contributed by atoms with van der Waals surface area (Å²) < 4.78 is 5.75. The lowest BCUT2D eigenvalue weighted by Crippen LogP contribution is -2.47. The maximum absolute atomic E-state index is 12.9. The summed E-state index contributed by atoms with van der Waals surface area (Å²) in [4.78, 5) is 26.7. The van der Waals surface area contributed by atoms with Crippen molar-refractivity contribution in [3.63, 3.8) is 0 Å². The van der Waals surface area contributed by atoms with Crippen LogP contribution in [0.4, 0.5) is 4.79 Å². The molecule has 2 saturated carbocycles. The Bertz CT molecular complexity index is 877. The lowest BCUT2D eigenvalue weighted by Gasteiger charge is -2.31. The number of carbonyl (C=O) groups excluding carboxylic acids is 1. The minimum absolute atomic E-state index is 0.254. The summed E-state index contributed by atoms with van der Waals surface area (Å²) in [5.74, 6) is -0.915. The minimum Gasteiger partial charge on any atom is -0.479 e. The molecule has 132 valence electrons. The van der Waals surface area contributed by atoms with Gasteiger partial charge in [-0.2, -0.15) is 0 Å². The molecule has 2 aromatic carbocycles. The van der Waals surface area contributed by atoms with Crippen molar-refractivity contribution in [1.82, 2.24) is 4.90 Å². The number of benzene rings is 2. The molecule has 3 atom stereocenters. The minimum atomic E-state index is -1.13. The molecule has 26 heavy (non-hydrogen) atoms. The third kappa shape index (κ3) is 1.91.